The molecule has 0 spiro atoms. The number of methoxy groups -OCH3 is 1. The number of halogens is 1. The van der Waals surface area contributed by atoms with Gasteiger partial charge in [0, 0.05) is 57.7 Å². The van der Waals surface area contributed by atoms with Crippen molar-refractivity contribution in [2.24, 2.45) is 4.99 Å². The van der Waals surface area contributed by atoms with Crippen LogP contribution in [0.25, 0.3) is 0 Å². The molecule has 4 rings (SSSR count). The first-order valence-corrected chi connectivity index (χ1v) is 11.6. The Labute approximate surface area is 214 Å². The average Bonchev–Trinajstić information content (AvgIpc) is 2.88. The van der Waals surface area contributed by atoms with Gasteiger partial charge in [0.1, 0.15) is 5.75 Å². The molecule has 2 fully saturated rings. The highest BCUT2D eigenvalue weighted by Crippen LogP contribution is 2.31. The third-order valence-corrected chi connectivity index (χ3v) is 6.41. The number of para-hydroxylation sites is 1. The first-order valence-electron chi connectivity index (χ1n) is 11.6. The molecule has 1 aromatic carbocycles. The lowest BCUT2D eigenvalue weighted by atomic mass is 10.0. The Morgan fingerprint density at radius 3 is 2.36 bits per heavy atom. The summed E-state index contributed by atoms with van der Waals surface area (Å²) in [7, 11) is 3.63. The molecule has 9 heteroatoms. The Morgan fingerprint density at radius 2 is 1.70 bits per heavy atom. The number of hydrogen-bond acceptors (Lipinski definition) is 6. The molecule has 8 nitrogen and oxygen atoms in total. The minimum Gasteiger partial charge on any atom is -0.496 e. The minimum absolute atomic E-state index is 0. The molecule has 2 aromatic rings. The number of aliphatic imine (C=N–C) groups is 1. The van der Waals surface area contributed by atoms with E-state index in [1.54, 1.807) is 19.5 Å². The fraction of sp³-hybridized carbons (Fsp3) is 0.542. The molecule has 0 aliphatic carbocycles. The number of nitrogens with zero attached hydrogens (tertiary/aromatic N) is 6. The highest BCUT2D eigenvalue weighted by atomic mass is 127. The van der Waals surface area contributed by atoms with E-state index in [4.69, 9.17) is 4.74 Å². The smallest absolute Gasteiger partial charge is 0.225 e. The van der Waals surface area contributed by atoms with Gasteiger partial charge in [-0.25, -0.2) is 9.97 Å². The van der Waals surface area contributed by atoms with Gasteiger partial charge in [0.2, 0.25) is 5.95 Å². The van der Waals surface area contributed by atoms with E-state index in [2.05, 4.69) is 53.2 Å². The topological polar surface area (TPSA) is 69.1 Å². The summed E-state index contributed by atoms with van der Waals surface area (Å²) in [6.07, 6.45) is 7.43. The fourth-order valence-electron chi connectivity index (χ4n) is 4.70. The van der Waals surface area contributed by atoms with E-state index in [1.165, 1.54) is 24.8 Å². The monoisotopic (exact) mass is 565 g/mol. The van der Waals surface area contributed by atoms with Crippen molar-refractivity contribution in [2.75, 3.05) is 64.9 Å². The molecule has 1 atom stereocenters. The summed E-state index contributed by atoms with van der Waals surface area (Å²) in [6, 6.07) is 10.5. The fourth-order valence-corrected chi connectivity index (χ4v) is 4.70. The number of aromatic nitrogens is 2. The summed E-state index contributed by atoms with van der Waals surface area (Å²) in [5, 5.41) is 3.67. The van der Waals surface area contributed by atoms with Gasteiger partial charge in [0.15, 0.2) is 5.96 Å². The number of piperidine rings is 1. The van der Waals surface area contributed by atoms with Crippen molar-refractivity contribution in [2.45, 2.75) is 25.3 Å². The van der Waals surface area contributed by atoms with Gasteiger partial charge in [-0.1, -0.05) is 24.6 Å². The number of guanidine groups is 1. The van der Waals surface area contributed by atoms with Gasteiger partial charge in [0.05, 0.1) is 13.2 Å². The molecule has 0 radical (unpaired) electrons. The molecule has 1 aromatic heterocycles. The number of benzene rings is 1. The van der Waals surface area contributed by atoms with Crippen LogP contribution in [0, 0.1) is 0 Å². The second-order valence-corrected chi connectivity index (χ2v) is 8.31. The van der Waals surface area contributed by atoms with Crippen molar-refractivity contribution in [1.82, 2.24) is 25.1 Å². The van der Waals surface area contributed by atoms with Crippen LogP contribution in [0.5, 0.6) is 5.75 Å². The predicted octanol–water partition coefficient (Wildman–Crippen LogP) is 3.03. The number of anilines is 1. The van der Waals surface area contributed by atoms with Crippen LogP contribution in [0.3, 0.4) is 0 Å². The van der Waals surface area contributed by atoms with Gasteiger partial charge in [-0.15, -0.1) is 24.0 Å². The average molecular weight is 566 g/mol. The molecule has 2 aliphatic heterocycles. The maximum atomic E-state index is 5.71. The van der Waals surface area contributed by atoms with E-state index in [1.807, 2.05) is 19.2 Å². The zero-order valence-corrected chi connectivity index (χ0v) is 22.0. The van der Waals surface area contributed by atoms with Gasteiger partial charge in [-0.2, -0.15) is 0 Å². The molecule has 1 N–H and O–H groups in total. The van der Waals surface area contributed by atoms with Gasteiger partial charge < -0.3 is 19.9 Å². The Morgan fingerprint density at radius 1 is 1.00 bits per heavy atom. The standard InChI is InChI=1S/C24H35N7O.HI/c1-25-23(30-15-17-31(18-16-30)24-26-11-8-12-27-24)28-19-21(29-13-6-3-7-14-29)20-9-4-5-10-22(20)32-2;/h4-5,8-12,21H,3,6-7,13-19H2,1-2H3,(H,25,28);1H. The Hall–Kier alpha value is -2.14. The van der Waals surface area contributed by atoms with Gasteiger partial charge in [0.25, 0.3) is 0 Å². The normalized spacial score (nSPS) is 18.4. The first kappa shape index (κ1) is 25.5. The summed E-state index contributed by atoms with van der Waals surface area (Å²) in [6.45, 7) is 6.59. The second kappa shape index (κ2) is 12.9. The number of piperazine rings is 1. The van der Waals surface area contributed by atoms with Crippen LogP contribution in [0.1, 0.15) is 30.9 Å². The lowest BCUT2D eigenvalue weighted by molar-refractivity contribution is 0.160. The lowest BCUT2D eigenvalue weighted by Crippen LogP contribution is -2.54. The van der Waals surface area contributed by atoms with Gasteiger partial charge >= 0.3 is 0 Å². The van der Waals surface area contributed by atoms with Crippen molar-refractivity contribution in [3.63, 3.8) is 0 Å². The Balaban J connectivity index is 0.00000306. The maximum Gasteiger partial charge on any atom is 0.225 e. The van der Waals surface area contributed by atoms with E-state index in [9.17, 15) is 0 Å². The van der Waals surface area contributed by atoms with Crippen molar-refractivity contribution in [1.29, 1.82) is 0 Å². The molecule has 0 saturated carbocycles. The molecular formula is C24H36IN7O. The van der Waals surface area contributed by atoms with E-state index < -0.39 is 0 Å². The molecule has 180 valence electrons. The van der Waals surface area contributed by atoms with E-state index in [0.717, 1.165) is 63.5 Å². The van der Waals surface area contributed by atoms with Crippen molar-refractivity contribution in [3.05, 3.63) is 48.3 Å². The third kappa shape index (κ3) is 6.47. The molecule has 3 heterocycles. The van der Waals surface area contributed by atoms with Gasteiger partial charge in [-0.05, 0) is 38.1 Å². The highest BCUT2D eigenvalue weighted by Gasteiger charge is 2.27. The minimum atomic E-state index is 0. The van der Waals surface area contributed by atoms with Crippen LogP contribution in [0.4, 0.5) is 5.95 Å². The second-order valence-electron chi connectivity index (χ2n) is 8.31. The number of ether oxygens (including phenoxy) is 1. The predicted molar refractivity (Wildman–Crippen MR) is 144 cm³/mol. The summed E-state index contributed by atoms with van der Waals surface area (Å²) < 4.78 is 5.71. The zero-order valence-electron chi connectivity index (χ0n) is 19.7. The Bertz CT molecular complexity index is 868. The van der Waals surface area contributed by atoms with Crippen LogP contribution in [-0.4, -0.2) is 85.7 Å². The largest absolute Gasteiger partial charge is 0.496 e. The van der Waals surface area contributed by atoms with Crippen LogP contribution in [0.15, 0.2) is 47.7 Å². The summed E-state index contributed by atoms with van der Waals surface area (Å²) in [5.41, 5.74) is 1.24. The lowest BCUT2D eigenvalue weighted by Gasteiger charge is -2.38. The van der Waals surface area contributed by atoms with E-state index in [-0.39, 0.29) is 30.0 Å². The van der Waals surface area contributed by atoms with Crippen molar-refractivity contribution < 1.29 is 4.74 Å². The molecule has 33 heavy (non-hydrogen) atoms. The van der Waals surface area contributed by atoms with Crippen LogP contribution < -0.4 is 15.0 Å². The summed E-state index contributed by atoms with van der Waals surface area (Å²) in [5.74, 6) is 2.71. The molecule has 1 unspecified atom stereocenters. The molecule has 2 saturated heterocycles. The molecule has 0 amide bonds. The number of nitrogens with one attached hydrogen (secondary N) is 1. The van der Waals surface area contributed by atoms with E-state index in [0.29, 0.717) is 0 Å². The summed E-state index contributed by atoms with van der Waals surface area (Å²) >= 11 is 0. The quantitative estimate of drug-likeness (QED) is 0.328. The van der Waals surface area contributed by atoms with Crippen molar-refractivity contribution in [3.8, 4) is 5.75 Å². The third-order valence-electron chi connectivity index (χ3n) is 6.41. The molecular weight excluding hydrogens is 529 g/mol. The number of likely N-dealkylation sites (tertiary alicyclic amines) is 1. The van der Waals surface area contributed by atoms with Gasteiger partial charge in [-0.3, -0.25) is 9.89 Å². The van der Waals surface area contributed by atoms with E-state index >= 15 is 0 Å². The van der Waals surface area contributed by atoms with Crippen LogP contribution in [0.2, 0.25) is 0 Å². The number of rotatable bonds is 6. The maximum absolute atomic E-state index is 5.71. The first-order chi connectivity index (χ1) is 15.8. The molecule has 0 bridgehead atoms. The Kier molecular flexibility index (Phi) is 9.98. The van der Waals surface area contributed by atoms with Crippen LogP contribution >= 0.6 is 24.0 Å². The highest BCUT2D eigenvalue weighted by molar-refractivity contribution is 14.0. The molecule has 2 aliphatic rings. The SMILES string of the molecule is CN=C(NCC(c1ccccc1OC)N1CCCCC1)N1CCN(c2ncccn2)CC1.I. The number of hydrogen-bond donors (Lipinski definition) is 1. The zero-order chi connectivity index (χ0) is 22.2. The van der Waals surface area contributed by atoms with Crippen molar-refractivity contribution >= 4 is 35.9 Å². The summed E-state index contributed by atoms with van der Waals surface area (Å²) in [4.78, 5) is 20.5. The van der Waals surface area contributed by atoms with Crippen LogP contribution in [-0.2, 0) is 0 Å².